The van der Waals surface area contributed by atoms with Gasteiger partial charge in [0.25, 0.3) is 0 Å². The van der Waals surface area contributed by atoms with Gasteiger partial charge in [0.05, 0.1) is 23.4 Å². The van der Waals surface area contributed by atoms with Crippen LogP contribution in [0.5, 0.6) is 0 Å². The first-order valence-corrected chi connectivity index (χ1v) is 6.03. The first-order chi connectivity index (χ1) is 8.54. The van der Waals surface area contributed by atoms with E-state index in [0.29, 0.717) is 29.2 Å². The van der Waals surface area contributed by atoms with Crippen LogP contribution in [0.3, 0.4) is 0 Å². The van der Waals surface area contributed by atoms with Crippen molar-refractivity contribution in [3.63, 3.8) is 0 Å². The molecule has 0 atom stereocenters. The van der Waals surface area contributed by atoms with Crippen molar-refractivity contribution < 1.29 is 14.3 Å². The summed E-state index contributed by atoms with van der Waals surface area (Å²) >= 11 is 6.00. The minimum Gasteiger partial charge on any atom is -0.465 e. The molecule has 1 rings (SSSR count). The van der Waals surface area contributed by atoms with Crippen LogP contribution < -0.4 is 5.32 Å². The van der Waals surface area contributed by atoms with Crippen molar-refractivity contribution in [3.05, 3.63) is 28.8 Å². The number of anilines is 1. The second-order valence-corrected chi connectivity index (χ2v) is 4.33. The molecule has 0 spiro atoms. The lowest BCUT2D eigenvalue weighted by molar-refractivity contribution is -0.117. The second-order valence-electron chi connectivity index (χ2n) is 3.92. The number of halogens is 1. The summed E-state index contributed by atoms with van der Waals surface area (Å²) in [6, 6.07) is 4.89. The zero-order chi connectivity index (χ0) is 13.5. The lowest BCUT2D eigenvalue weighted by Crippen LogP contribution is -2.06. The molecular formula is C13H16ClNO3. The number of carbonyl (C=O) groups excluding carboxylic acids is 2. The largest absolute Gasteiger partial charge is 0.465 e. The van der Waals surface area contributed by atoms with E-state index in [9.17, 15) is 9.59 Å². The summed E-state index contributed by atoms with van der Waals surface area (Å²) in [5.41, 5.74) is 1.11. The van der Waals surface area contributed by atoms with Gasteiger partial charge in [0.1, 0.15) is 5.78 Å². The Morgan fingerprint density at radius 1 is 1.39 bits per heavy atom. The molecule has 4 nitrogen and oxygen atoms in total. The quantitative estimate of drug-likeness (QED) is 0.637. The molecule has 0 aliphatic rings. The van der Waals surface area contributed by atoms with Gasteiger partial charge < -0.3 is 14.8 Å². The maximum absolute atomic E-state index is 11.4. The first-order valence-electron chi connectivity index (χ1n) is 5.65. The Morgan fingerprint density at radius 2 is 2.11 bits per heavy atom. The minimum atomic E-state index is -0.404. The van der Waals surface area contributed by atoms with E-state index >= 15 is 0 Å². The van der Waals surface area contributed by atoms with Crippen molar-refractivity contribution in [2.45, 2.75) is 19.8 Å². The van der Waals surface area contributed by atoms with Gasteiger partial charge in [-0.2, -0.15) is 0 Å². The third-order valence-corrected chi connectivity index (χ3v) is 2.74. The van der Waals surface area contributed by atoms with E-state index in [-0.39, 0.29) is 5.78 Å². The fraction of sp³-hybridized carbons (Fsp3) is 0.385. The number of benzene rings is 1. The highest BCUT2D eigenvalue weighted by atomic mass is 35.5. The summed E-state index contributed by atoms with van der Waals surface area (Å²) in [6.45, 7) is 2.19. The molecule has 0 aliphatic carbocycles. The molecule has 1 aromatic carbocycles. The number of hydrogen-bond donors (Lipinski definition) is 1. The number of ether oxygens (including phenoxy) is 1. The molecule has 5 heteroatoms. The molecule has 0 saturated heterocycles. The molecule has 0 saturated carbocycles. The molecular weight excluding hydrogens is 254 g/mol. The van der Waals surface area contributed by atoms with Gasteiger partial charge in [-0.1, -0.05) is 11.6 Å². The number of Topliss-reactive ketones (excluding diaryl/α,β-unsaturated/α-hetero) is 1. The summed E-state index contributed by atoms with van der Waals surface area (Å²) in [5, 5.41) is 3.63. The van der Waals surface area contributed by atoms with E-state index in [1.54, 1.807) is 25.1 Å². The van der Waals surface area contributed by atoms with Crippen LogP contribution in [-0.2, 0) is 9.53 Å². The highest BCUT2D eigenvalue weighted by molar-refractivity contribution is 6.33. The van der Waals surface area contributed by atoms with Crippen LogP contribution in [0.25, 0.3) is 0 Å². The lowest BCUT2D eigenvalue weighted by Gasteiger charge is -2.09. The van der Waals surface area contributed by atoms with Crippen molar-refractivity contribution in [3.8, 4) is 0 Å². The van der Waals surface area contributed by atoms with E-state index in [4.69, 9.17) is 11.6 Å². The van der Waals surface area contributed by atoms with E-state index in [1.807, 2.05) is 0 Å². The molecule has 0 aromatic heterocycles. The summed E-state index contributed by atoms with van der Waals surface area (Å²) in [5.74, 6) is -0.246. The molecule has 98 valence electrons. The van der Waals surface area contributed by atoms with E-state index in [1.165, 1.54) is 7.11 Å². The topological polar surface area (TPSA) is 55.4 Å². The van der Waals surface area contributed by atoms with Gasteiger partial charge in [0, 0.05) is 13.0 Å². The summed E-state index contributed by atoms with van der Waals surface area (Å²) in [7, 11) is 1.33. The van der Waals surface area contributed by atoms with Crippen molar-refractivity contribution >= 4 is 29.0 Å². The molecule has 18 heavy (non-hydrogen) atoms. The van der Waals surface area contributed by atoms with Gasteiger partial charge in [-0.05, 0) is 31.5 Å². The number of esters is 1. The van der Waals surface area contributed by atoms with Crippen molar-refractivity contribution in [1.29, 1.82) is 0 Å². The Bertz CT molecular complexity index is 446. The summed E-state index contributed by atoms with van der Waals surface area (Å²) in [4.78, 5) is 22.1. The minimum absolute atomic E-state index is 0.159. The first kappa shape index (κ1) is 14.5. The van der Waals surface area contributed by atoms with Gasteiger partial charge in [-0.25, -0.2) is 4.79 Å². The smallest absolute Gasteiger partial charge is 0.337 e. The fourth-order valence-electron chi connectivity index (χ4n) is 1.47. The molecule has 1 N–H and O–H groups in total. The maximum Gasteiger partial charge on any atom is 0.337 e. The molecule has 1 aromatic rings. The highest BCUT2D eigenvalue weighted by Crippen LogP contribution is 2.23. The normalized spacial score (nSPS) is 9.94. The Morgan fingerprint density at radius 3 is 2.72 bits per heavy atom. The average molecular weight is 270 g/mol. The molecule has 0 bridgehead atoms. The van der Waals surface area contributed by atoms with Crippen LogP contribution in [0.4, 0.5) is 5.69 Å². The van der Waals surface area contributed by atoms with Crippen LogP contribution in [0.1, 0.15) is 30.1 Å². The molecule has 0 radical (unpaired) electrons. The van der Waals surface area contributed by atoms with Gasteiger partial charge >= 0.3 is 5.97 Å². The second kappa shape index (κ2) is 7.01. The molecule has 0 fully saturated rings. The van der Waals surface area contributed by atoms with Crippen LogP contribution in [0.2, 0.25) is 5.02 Å². The Kier molecular flexibility index (Phi) is 5.65. The van der Waals surface area contributed by atoms with Crippen LogP contribution in [0, 0.1) is 0 Å². The zero-order valence-corrected chi connectivity index (χ0v) is 11.2. The number of hydrogen-bond acceptors (Lipinski definition) is 4. The van der Waals surface area contributed by atoms with Gasteiger partial charge in [-0.15, -0.1) is 0 Å². The lowest BCUT2D eigenvalue weighted by atomic mass is 10.2. The van der Waals surface area contributed by atoms with E-state index in [0.717, 1.165) is 6.42 Å². The number of nitrogens with one attached hydrogen (secondary N) is 1. The van der Waals surface area contributed by atoms with E-state index in [2.05, 4.69) is 10.1 Å². The van der Waals surface area contributed by atoms with Crippen molar-refractivity contribution in [1.82, 2.24) is 0 Å². The SMILES string of the molecule is COC(=O)c1ccc(Cl)c(NCCCC(C)=O)c1. The van der Waals surface area contributed by atoms with Crippen molar-refractivity contribution in [2.24, 2.45) is 0 Å². The average Bonchev–Trinajstić information content (AvgIpc) is 2.35. The Balaban J connectivity index is 2.64. The standard InChI is InChI=1S/C13H16ClNO3/c1-9(16)4-3-7-15-12-8-10(13(17)18-2)5-6-11(12)14/h5-6,8,15H,3-4,7H2,1-2H3. The Hall–Kier alpha value is -1.55. The van der Waals surface area contributed by atoms with E-state index < -0.39 is 5.97 Å². The Labute approximate surface area is 111 Å². The monoisotopic (exact) mass is 269 g/mol. The van der Waals surface area contributed by atoms with Gasteiger partial charge in [-0.3, -0.25) is 0 Å². The number of rotatable bonds is 6. The third kappa shape index (κ3) is 4.37. The number of methoxy groups -OCH3 is 1. The molecule has 0 heterocycles. The molecule has 0 amide bonds. The predicted octanol–water partition coefficient (Wildman–Crippen LogP) is 2.91. The maximum atomic E-state index is 11.4. The molecule has 0 unspecified atom stereocenters. The van der Waals surface area contributed by atoms with Crippen LogP contribution >= 0.6 is 11.6 Å². The summed E-state index contributed by atoms with van der Waals surface area (Å²) < 4.78 is 4.63. The van der Waals surface area contributed by atoms with Crippen molar-refractivity contribution in [2.75, 3.05) is 19.0 Å². The third-order valence-electron chi connectivity index (χ3n) is 2.41. The number of ketones is 1. The van der Waals surface area contributed by atoms with Crippen LogP contribution in [-0.4, -0.2) is 25.4 Å². The molecule has 0 aliphatic heterocycles. The van der Waals surface area contributed by atoms with Gasteiger partial charge in [0.2, 0.25) is 0 Å². The summed E-state index contributed by atoms with van der Waals surface area (Å²) in [6.07, 6.45) is 1.26. The zero-order valence-electron chi connectivity index (χ0n) is 10.5. The van der Waals surface area contributed by atoms with Crippen LogP contribution in [0.15, 0.2) is 18.2 Å². The van der Waals surface area contributed by atoms with Gasteiger partial charge in [0.15, 0.2) is 0 Å². The predicted molar refractivity (Wildman–Crippen MR) is 71.2 cm³/mol. The number of carbonyl (C=O) groups is 2. The highest BCUT2D eigenvalue weighted by Gasteiger charge is 2.08. The fourth-order valence-corrected chi connectivity index (χ4v) is 1.65.